The quantitative estimate of drug-likeness (QED) is 0.744. The van der Waals surface area contributed by atoms with E-state index in [1.165, 1.54) is 19.3 Å². The van der Waals surface area contributed by atoms with E-state index in [2.05, 4.69) is 0 Å². The molecular formula is C15H20ClNO. The van der Waals surface area contributed by atoms with Gasteiger partial charge in [-0.25, -0.2) is 0 Å². The number of hydrogen-bond acceptors (Lipinski definition) is 1. The zero-order valence-corrected chi connectivity index (χ0v) is 11.5. The molecule has 0 unspecified atom stereocenters. The lowest BCUT2D eigenvalue weighted by molar-refractivity contribution is 0.0742. The molecule has 0 N–H and O–H groups in total. The predicted octanol–water partition coefficient (Wildman–Crippen LogP) is 3.83. The third kappa shape index (κ3) is 3.49. The molecule has 0 aromatic heterocycles. The number of halogens is 1. The summed E-state index contributed by atoms with van der Waals surface area (Å²) in [6.45, 7) is 1.79. The fraction of sp³-hybridized carbons (Fsp3) is 0.533. The van der Waals surface area contributed by atoms with Gasteiger partial charge in [0.05, 0.1) is 0 Å². The summed E-state index contributed by atoms with van der Waals surface area (Å²) in [4.78, 5) is 14.4. The molecule has 1 fully saturated rings. The maximum atomic E-state index is 12.4. The summed E-state index contributed by atoms with van der Waals surface area (Å²) >= 11 is 5.81. The molecule has 1 heterocycles. The number of hydrogen-bond donors (Lipinski definition) is 0. The molecule has 3 heteroatoms. The van der Waals surface area contributed by atoms with Gasteiger partial charge in [0, 0.05) is 24.5 Å². The summed E-state index contributed by atoms with van der Waals surface area (Å²) in [6, 6.07) is 7.66. The van der Waals surface area contributed by atoms with Crippen molar-refractivity contribution < 1.29 is 4.79 Å². The van der Waals surface area contributed by atoms with E-state index in [9.17, 15) is 4.79 Å². The Labute approximate surface area is 114 Å². The van der Waals surface area contributed by atoms with Crippen LogP contribution in [0.5, 0.6) is 0 Å². The molecule has 0 atom stereocenters. The first-order valence-corrected chi connectivity index (χ1v) is 7.29. The summed E-state index contributed by atoms with van der Waals surface area (Å²) < 4.78 is 0. The molecule has 1 aliphatic rings. The van der Waals surface area contributed by atoms with Gasteiger partial charge >= 0.3 is 0 Å². The van der Waals surface area contributed by atoms with Crippen molar-refractivity contribution in [3.63, 3.8) is 0 Å². The Bertz CT molecular complexity index is 397. The predicted molar refractivity (Wildman–Crippen MR) is 75.0 cm³/mol. The minimum atomic E-state index is 0.156. The number of carbonyl (C=O) groups excluding carboxylic acids is 1. The highest BCUT2D eigenvalue weighted by atomic mass is 35.5. The van der Waals surface area contributed by atoms with Crippen LogP contribution in [0.15, 0.2) is 24.3 Å². The van der Waals surface area contributed by atoms with E-state index in [0.29, 0.717) is 5.88 Å². The molecule has 2 nitrogen and oxygen atoms in total. The van der Waals surface area contributed by atoms with Crippen molar-refractivity contribution in [1.29, 1.82) is 0 Å². The molecule has 98 valence electrons. The number of carbonyl (C=O) groups is 1. The van der Waals surface area contributed by atoms with Gasteiger partial charge in [-0.15, -0.1) is 11.6 Å². The van der Waals surface area contributed by atoms with Crippen LogP contribution >= 0.6 is 11.6 Å². The Morgan fingerprint density at radius 3 is 2.44 bits per heavy atom. The van der Waals surface area contributed by atoms with Crippen molar-refractivity contribution in [2.24, 2.45) is 0 Å². The Kier molecular flexibility index (Phi) is 5.06. The molecule has 0 spiro atoms. The molecule has 1 aliphatic heterocycles. The van der Waals surface area contributed by atoms with Crippen LogP contribution in [0.4, 0.5) is 0 Å². The van der Waals surface area contributed by atoms with Gasteiger partial charge in [-0.1, -0.05) is 31.4 Å². The van der Waals surface area contributed by atoms with Crippen molar-refractivity contribution in [3.8, 4) is 0 Å². The monoisotopic (exact) mass is 265 g/mol. The number of rotatable bonds is 2. The fourth-order valence-corrected chi connectivity index (χ4v) is 2.59. The third-order valence-electron chi connectivity index (χ3n) is 3.47. The van der Waals surface area contributed by atoms with Gasteiger partial charge in [-0.3, -0.25) is 4.79 Å². The maximum absolute atomic E-state index is 12.4. The van der Waals surface area contributed by atoms with E-state index in [-0.39, 0.29) is 5.91 Å². The topological polar surface area (TPSA) is 20.3 Å². The van der Waals surface area contributed by atoms with E-state index >= 15 is 0 Å². The molecule has 0 radical (unpaired) electrons. The lowest BCUT2D eigenvalue weighted by atomic mass is 10.1. The highest BCUT2D eigenvalue weighted by Gasteiger charge is 2.16. The van der Waals surface area contributed by atoms with E-state index in [0.717, 1.165) is 37.1 Å². The third-order valence-corrected chi connectivity index (χ3v) is 3.78. The molecular weight excluding hydrogens is 246 g/mol. The molecule has 1 amide bonds. The van der Waals surface area contributed by atoms with Crippen molar-refractivity contribution in [3.05, 3.63) is 35.4 Å². The lowest BCUT2D eigenvalue weighted by Crippen LogP contribution is -2.33. The highest BCUT2D eigenvalue weighted by molar-refractivity contribution is 6.17. The van der Waals surface area contributed by atoms with Gasteiger partial charge in [0.25, 0.3) is 5.91 Å². The number of likely N-dealkylation sites (tertiary alicyclic amines) is 1. The lowest BCUT2D eigenvalue weighted by Gasteiger charge is -2.25. The van der Waals surface area contributed by atoms with Gasteiger partial charge < -0.3 is 4.90 Å². The fourth-order valence-electron chi connectivity index (χ4n) is 2.42. The molecule has 0 bridgehead atoms. The molecule has 18 heavy (non-hydrogen) atoms. The first kappa shape index (κ1) is 13.4. The van der Waals surface area contributed by atoms with Crippen LogP contribution in [-0.4, -0.2) is 23.9 Å². The van der Waals surface area contributed by atoms with E-state index in [1.54, 1.807) is 0 Å². The van der Waals surface area contributed by atoms with Crippen LogP contribution in [0.25, 0.3) is 0 Å². The Balaban J connectivity index is 2.08. The number of alkyl halides is 1. The van der Waals surface area contributed by atoms with Crippen LogP contribution in [0.3, 0.4) is 0 Å². The van der Waals surface area contributed by atoms with Crippen molar-refractivity contribution in [2.75, 3.05) is 13.1 Å². The van der Waals surface area contributed by atoms with Gasteiger partial charge in [0.2, 0.25) is 0 Å². The van der Waals surface area contributed by atoms with Crippen molar-refractivity contribution in [1.82, 2.24) is 4.90 Å². The SMILES string of the molecule is O=C(c1cccc(CCl)c1)N1CCCCCCC1. The van der Waals surface area contributed by atoms with E-state index in [4.69, 9.17) is 11.6 Å². The largest absolute Gasteiger partial charge is 0.339 e. The summed E-state index contributed by atoms with van der Waals surface area (Å²) in [6.07, 6.45) is 6.04. The Morgan fingerprint density at radius 2 is 1.78 bits per heavy atom. The van der Waals surface area contributed by atoms with Gasteiger partial charge in [-0.05, 0) is 30.5 Å². The zero-order chi connectivity index (χ0) is 12.8. The Hall–Kier alpha value is -1.02. The summed E-state index contributed by atoms with van der Waals surface area (Å²) in [5.41, 5.74) is 1.78. The maximum Gasteiger partial charge on any atom is 0.253 e. The standard InChI is InChI=1S/C15H20ClNO/c16-12-13-7-6-8-14(11-13)15(18)17-9-4-2-1-3-5-10-17/h6-8,11H,1-5,9-10,12H2. The Morgan fingerprint density at radius 1 is 1.11 bits per heavy atom. The van der Waals surface area contributed by atoms with Crippen molar-refractivity contribution >= 4 is 17.5 Å². The van der Waals surface area contributed by atoms with Gasteiger partial charge in [0.15, 0.2) is 0 Å². The molecule has 0 aliphatic carbocycles. The average molecular weight is 266 g/mol. The van der Waals surface area contributed by atoms with Crippen LogP contribution in [0.2, 0.25) is 0 Å². The van der Waals surface area contributed by atoms with E-state index < -0.39 is 0 Å². The van der Waals surface area contributed by atoms with E-state index in [1.807, 2.05) is 29.2 Å². The molecule has 0 saturated carbocycles. The smallest absolute Gasteiger partial charge is 0.253 e. The van der Waals surface area contributed by atoms with Crippen LogP contribution < -0.4 is 0 Å². The second kappa shape index (κ2) is 6.79. The number of benzene rings is 1. The van der Waals surface area contributed by atoms with Crippen LogP contribution in [-0.2, 0) is 5.88 Å². The minimum absolute atomic E-state index is 0.156. The van der Waals surface area contributed by atoms with Gasteiger partial charge in [0.1, 0.15) is 0 Å². The van der Waals surface area contributed by atoms with Gasteiger partial charge in [-0.2, -0.15) is 0 Å². The summed E-state index contributed by atoms with van der Waals surface area (Å²) in [5, 5.41) is 0. The normalized spacial score (nSPS) is 17.1. The number of nitrogens with zero attached hydrogens (tertiary/aromatic N) is 1. The molecule has 1 aromatic rings. The molecule has 2 rings (SSSR count). The zero-order valence-electron chi connectivity index (χ0n) is 10.7. The first-order chi connectivity index (χ1) is 8.81. The summed E-state index contributed by atoms with van der Waals surface area (Å²) in [7, 11) is 0. The summed E-state index contributed by atoms with van der Waals surface area (Å²) in [5.74, 6) is 0.616. The molecule has 1 aromatic carbocycles. The van der Waals surface area contributed by atoms with Crippen LogP contribution in [0, 0.1) is 0 Å². The first-order valence-electron chi connectivity index (χ1n) is 6.75. The average Bonchev–Trinajstić information content (AvgIpc) is 2.38. The van der Waals surface area contributed by atoms with Crippen molar-refractivity contribution in [2.45, 2.75) is 38.0 Å². The van der Waals surface area contributed by atoms with Crippen LogP contribution in [0.1, 0.15) is 48.0 Å². The second-order valence-corrected chi connectivity index (χ2v) is 5.16. The molecule has 1 saturated heterocycles. The number of amides is 1. The highest BCUT2D eigenvalue weighted by Crippen LogP contribution is 2.15. The second-order valence-electron chi connectivity index (χ2n) is 4.89. The minimum Gasteiger partial charge on any atom is -0.339 e.